The summed E-state index contributed by atoms with van der Waals surface area (Å²) in [5.74, 6) is -5.20. The molecule has 0 radical (unpaired) electrons. The summed E-state index contributed by atoms with van der Waals surface area (Å²) < 4.78 is 43.3. The van der Waals surface area contributed by atoms with Crippen LogP contribution in [0.1, 0.15) is 10.4 Å². The number of nitrogens with one attached hydrogen (secondary N) is 1. The number of nitrogens with two attached hydrogens (primary N) is 1. The molecule has 3 N–H and O–H groups in total. The predicted molar refractivity (Wildman–Crippen MR) is 58.5 cm³/mol. The van der Waals surface area contributed by atoms with Crippen molar-refractivity contribution in [2.75, 3.05) is 20.3 Å². The van der Waals surface area contributed by atoms with Gasteiger partial charge >= 0.3 is 0 Å². The molecule has 0 bridgehead atoms. The van der Waals surface area contributed by atoms with E-state index >= 15 is 0 Å². The first kappa shape index (κ1) is 14.5. The number of carbonyl (C=O) groups is 1. The Kier molecular flexibility index (Phi) is 5.11. The van der Waals surface area contributed by atoms with Crippen LogP contribution in [0.25, 0.3) is 0 Å². The third-order valence-corrected chi connectivity index (χ3v) is 2.23. The lowest BCUT2D eigenvalue weighted by Gasteiger charge is -2.15. The Balaban J connectivity index is 2.84. The fourth-order valence-corrected chi connectivity index (χ4v) is 1.33. The molecule has 1 amide bonds. The topological polar surface area (TPSA) is 64.3 Å². The molecule has 1 rings (SSSR count). The maximum atomic E-state index is 12.9. The Labute approximate surface area is 102 Å². The molecule has 0 aliphatic carbocycles. The molecule has 0 saturated carbocycles. The molecule has 4 nitrogen and oxygen atoms in total. The van der Waals surface area contributed by atoms with Gasteiger partial charge in [0.2, 0.25) is 0 Å². The van der Waals surface area contributed by atoms with Gasteiger partial charge in [0.15, 0.2) is 17.5 Å². The quantitative estimate of drug-likeness (QED) is 0.772. The molecule has 0 saturated heterocycles. The second-order valence-corrected chi connectivity index (χ2v) is 3.62. The lowest BCUT2D eigenvalue weighted by atomic mass is 10.1. The molecule has 1 unspecified atom stereocenters. The summed E-state index contributed by atoms with van der Waals surface area (Å²) in [6, 6.07) is 0.751. The van der Waals surface area contributed by atoms with Gasteiger partial charge in [-0.25, -0.2) is 13.2 Å². The number of hydrogen-bond acceptors (Lipinski definition) is 3. The Hall–Kier alpha value is -1.60. The fraction of sp³-hybridized carbons (Fsp3) is 0.364. The van der Waals surface area contributed by atoms with Crippen LogP contribution in [0.15, 0.2) is 12.1 Å². The minimum Gasteiger partial charge on any atom is -0.383 e. The largest absolute Gasteiger partial charge is 0.383 e. The molecule has 0 aromatic heterocycles. The summed E-state index contributed by atoms with van der Waals surface area (Å²) >= 11 is 0. The van der Waals surface area contributed by atoms with Crippen molar-refractivity contribution in [3.05, 3.63) is 35.1 Å². The molecule has 0 aliphatic rings. The van der Waals surface area contributed by atoms with Gasteiger partial charge in [-0.05, 0) is 12.1 Å². The molecule has 0 spiro atoms. The smallest absolute Gasteiger partial charge is 0.251 e. The van der Waals surface area contributed by atoms with Crippen molar-refractivity contribution < 1.29 is 22.7 Å². The first-order valence-corrected chi connectivity index (χ1v) is 5.14. The number of benzene rings is 1. The van der Waals surface area contributed by atoms with Gasteiger partial charge in [0, 0.05) is 19.2 Å². The second kappa shape index (κ2) is 6.36. The van der Waals surface area contributed by atoms with E-state index in [2.05, 4.69) is 5.32 Å². The van der Waals surface area contributed by atoms with Crippen molar-refractivity contribution in [3.8, 4) is 0 Å². The molecule has 100 valence electrons. The number of rotatable bonds is 5. The Morgan fingerprint density at radius 1 is 1.39 bits per heavy atom. The van der Waals surface area contributed by atoms with Crippen molar-refractivity contribution in [3.63, 3.8) is 0 Å². The first-order valence-electron chi connectivity index (χ1n) is 5.14. The zero-order chi connectivity index (χ0) is 13.7. The minimum atomic E-state index is -1.61. The summed E-state index contributed by atoms with van der Waals surface area (Å²) in [4.78, 5) is 11.6. The van der Waals surface area contributed by atoms with E-state index < -0.39 is 29.4 Å². The molecular weight excluding hydrogens is 249 g/mol. The van der Waals surface area contributed by atoms with Gasteiger partial charge in [-0.2, -0.15) is 0 Å². The van der Waals surface area contributed by atoms with Gasteiger partial charge in [-0.1, -0.05) is 0 Å². The van der Waals surface area contributed by atoms with E-state index in [1.807, 2.05) is 0 Å². The van der Waals surface area contributed by atoms with Crippen LogP contribution in [0.5, 0.6) is 0 Å². The van der Waals surface area contributed by atoms with E-state index in [0.29, 0.717) is 12.1 Å². The van der Waals surface area contributed by atoms with Gasteiger partial charge in [0.25, 0.3) is 5.91 Å². The van der Waals surface area contributed by atoms with E-state index in [-0.39, 0.29) is 18.7 Å². The molecule has 0 fully saturated rings. The highest BCUT2D eigenvalue weighted by Crippen LogP contribution is 2.13. The molecule has 0 aliphatic heterocycles. The maximum Gasteiger partial charge on any atom is 0.251 e. The van der Waals surface area contributed by atoms with Crippen molar-refractivity contribution in [1.29, 1.82) is 0 Å². The molecule has 7 heteroatoms. The lowest BCUT2D eigenvalue weighted by molar-refractivity contribution is 0.0899. The van der Waals surface area contributed by atoms with Crippen molar-refractivity contribution in [2.24, 2.45) is 5.73 Å². The summed E-state index contributed by atoms with van der Waals surface area (Å²) in [5, 5.41) is 2.41. The molecule has 1 aromatic rings. The van der Waals surface area contributed by atoms with E-state index in [1.54, 1.807) is 0 Å². The summed E-state index contributed by atoms with van der Waals surface area (Å²) in [7, 11) is 1.42. The van der Waals surface area contributed by atoms with Gasteiger partial charge in [0.1, 0.15) is 0 Å². The van der Waals surface area contributed by atoms with E-state index in [4.69, 9.17) is 10.5 Å². The van der Waals surface area contributed by atoms with Crippen molar-refractivity contribution >= 4 is 5.91 Å². The number of halogens is 3. The van der Waals surface area contributed by atoms with E-state index in [1.165, 1.54) is 7.11 Å². The zero-order valence-corrected chi connectivity index (χ0v) is 9.67. The fourth-order valence-electron chi connectivity index (χ4n) is 1.33. The highest BCUT2D eigenvalue weighted by molar-refractivity contribution is 5.94. The molecule has 1 atom stereocenters. The molecule has 1 aromatic carbocycles. The lowest BCUT2D eigenvalue weighted by Crippen LogP contribution is -2.43. The van der Waals surface area contributed by atoms with Gasteiger partial charge in [-0.3, -0.25) is 4.79 Å². The number of ether oxygens (including phenoxy) is 1. The average Bonchev–Trinajstić information content (AvgIpc) is 2.34. The number of hydrogen-bond donors (Lipinski definition) is 2. The van der Waals surface area contributed by atoms with Gasteiger partial charge in [0.05, 0.1) is 12.6 Å². The van der Waals surface area contributed by atoms with Crippen LogP contribution in [0.2, 0.25) is 0 Å². The zero-order valence-electron chi connectivity index (χ0n) is 9.67. The monoisotopic (exact) mass is 262 g/mol. The van der Waals surface area contributed by atoms with Crippen LogP contribution < -0.4 is 11.1 Å². The number of amides is 1. The third kappa shape index (κ3) is 3.44. The summed E-state index contributed by atoms with van der Waals surface area (Å²) in [6.45, 7) is 0.264. The summed E-state index contributed by atoms with van der Waals surface area (Å²) in [5.41, 5.74) is 5.05. The molecular formula is C11H13F3N2O2. The second-order valence-electron chi connectivity index (χ2n) is 3.62. The van der Waals surface area contributed by atoms with Crippen LogP contribution in [0, 0.1) is 17.5 Å². The van der Waals surface area contributed by atoms with Crippen LogP contribution in [0.3, 0.4) is 0 Å². The Morgan fingerprint density at radius 3 is 2.39 bits per heavy atom. The highest BCUT2D eigenvalue weighted by atomic mass is 19.2. The SMILES string of the molecule is COCC(CN)NC(=O)c1cc(F)c(F)c(F)c1. The molecule has 0 heterocycles. The van der Waals surface area contributed by atoms with Crippen molar-refractivity contribution in [2.45, 2.75) is 6.04 Å². The standard InChI is InChI=1S/C11H13F3N2O2/c1-18-5-7(4-15)16-11(17)6-2-8(12)10(14)9(13)3-6/h2-3,7H,4-5,15H2,1H3,(H,16,17). The van der Waals surface area contributed by atoms with Gasteiger partial charge < -0.3 is 15.8 Å². The van der Waals surface area contributed by atoms with Crippen LogP contribution in [-0.4, -0.2) is 32.2 Å². The van der Waals surface area contributed by atoms with Crippen LogP contribution in [0.4, 0.5) is 13.2 Å². The van der Waals surface area contributed by atoms with Crippen LogP contribution >= 0.6 is 0 Å². The average molecular weight is 262 g/mol. The van der Waals surface area contributed by atoms with Crippen LogP contribution in [-0.2, 0) is 4.74 Å². The van der Waals surface area contributed by atoms with Gasteiger partial charge in [-0.15, -0.1) is 0 Å². The first-order chi connectivity index (χ1) is 8.49. The maximum absolute atomic E-state index is 12.9. The van der Waals surface area contributed by atoms with Crippen molar-refractivity contribution in [1.82, 2.24) is 5.32 Å². The minimum absolute atomic E-state index is 0.103. The number of methoxy groups -OCH3 is 1. The number of carbonyl (C=O) groups excluding carboxylic acids is 1. The Bertz CT molecular complexity index is 417. The normalized spacial score (nSPS) is 12.3. The predicted octanol–water partition coefficient (Wildman–Crippen LogP) is 0.807. The van der Waals surface area contributed by atoms with E-state index in [9.17, 15) is 18.0 Å². The highest BCUT2D eigenvalue weighted by Gasteiger charge is 2.17. The summed E-state index contributed by atoms with van der Waals surface area (Å²) in [6.07, 6.45) is 0. The Morgan fingerprint density at radius 2 is 1.94 bits per heavy atom. The van der Waals surface area contributed by atoms with E-state index in [0.717, 1.165) is 0 Å². The third-order valence-electron chi connectivity index (χ3n) is 2.23. The molecule has 18 heavy (non-hydrogen) atoms.